The second-order valence-electron chi connectivity index (χ2n) is 9.52. The maximum Gasteiger partial charge on any atom is 0.326 e. The van der Waals surface area contributed by atoms with Gasteiger partial charge < -0.3 is 24.6 Å². The number of carboxylic acids is 1. The van der Waals surface area contributed by atoms with Crippen LogP contribution >= 0.6 is 11.9 Å². The normalized spacial score (nSPS) is 15.9. The van der Waals surface area contributed by atoms with Gasteiger partial charge in [0.15, 0.2) is 0 Å². The van der Waals surface area contributed by atoms with Crippen molar-refractivity contribution in [3.63, 3.8) is 0 Å². The topological polar surface area (TPSA) is 97.3 Å². The molecule has 0 spiro atoms. The highest BCUT2D eigenvalue weighted by Crippen LogP contribution is 2.40. The average molecular weight is 565 g/mol. The molecule has 1 saturated heterocycles. The first kappa shape index (κ1) is 29.5. The van der Waals surface area contributed by atoms with E-state index in [0.717, 1.165) is 40.1 Å². The first-order chi connectivity index (χ1) is 19.4. The number of carbonyl (C=O) groups is 2. The maximum absolute atomic E-state index is 13.2. The summed E-state index contributed by atoms with van der Waals surface area (Å²) >= 11 is 1.53. The lowest BCUT2D eigenvalue weighted by Crippen LogP contribution is -2.49. The molecule has 3 aromatic rings. The Kier molecular flexibility index (Phi) is 10.5. The van der Waals surface area contributed by atoms with Crippen molar-refractivity contribution in [1.29, 1.82) is 0 Å². The standard InChI is InChI=1S/C31H36N2O6S/c1-4-39-20-22-18-27(37-2)29(28(19-22)38-3)23-14-12-21(13-15-23)17-25(31(35)36)32-30(34)26-11-8-16-33(26)40-24-9-6-5-7-10-24/h5-7,9-10,12-15,18-19,25-26H,4,8,11,16-17,20H2,1-3H3,(H,32,34)(H,35,36)/t25-,26-/m0/s1. The van der Waals surface area contributed by atoms with Crippen molar-refractivity contribution in [2.75, 3.05) is 27.4 Å². The number of amides is 1. The molecular formula is C31H36N2O6S. The molecule has 1 aliphatic rings. The molecule has 0 bridgehead atoms. The summed E-state index contributed by atoms with van der Waals surface area (Å²) < 4.78 is 18.9. The zero-order valence-electron chi connectivity index (χ0n) is 23.1. The summed E-state index contributed by atoms with van der Waals surface area (Å²) in [4.78, 5) is 26.3. The first-order valence-corrected chi connectivity index (χ1v) is 14.2. The Bertz CT molecular complexity index is 1260. The number of methoxy groups -OCH3 is 2. The number of ether oxygens (including phenoxy) is 3. The molecule has 1 aliphatic heterocycles. The minimum atomic E-state index is -1.06. The van der Waals surface area contributed by atoms with Gasteiger partial charge in [0.1, 0.15) is 17.5 Å². The van der Waals surface area contributed by atoms with Gasteiger partial charge in [-0.1, -0.05) is 42.5 Å². The summed E-state index contributed by atoms with van der Waals surface area (Å²) in [6, 6.07) is 19.9. The van der Waals surface area contributed by atoms with Crippen molar-refractivity contribution in [2.45, 2.75) is 49.8 Å². The number of nitrogens with zero attached hydrogens (tertiary/aromatic N) is 1. The van der Waals surface area contributed by atoms with Gasteiger partial charge in [0.25, 0.3) is 0 Å². The summed E-state index contributed by atoms with van der Waals surface area (Å²) in [6.45, 7) is 3.78. The summed E-state index contributed by atoms with van der Waals surface area (Å²) in [5.41, 5.74) is 3.41. The molecule has 0 aliphatic carbocycles. The van der Waals surface area contributed by atoms with Crippen molar-refractivity contribution >= 4 is 23.8 Å². The highest BCUT2D eigenvalue weighted by Gasteiger charge is 2.34. The van der Waals surface area contributed by atoms with E-state index in [0.29, 0.717) is 31.1 Å². The molecule has 3 aromatic carbocycles. The van der Waals surface area contributed by atoms with Crippen LogP contribution in [-0.2, 0) is 27.4 Å². The number of benzene rings is 3. The lowest BCUT2D eigenvalue weighted by Gasteiger charge is -2.24. The van der Waals surface area contributed by atoms with Crippen molar-refractivity contribution in [3.05, 3.63) is 77.9 Å². The Hall–Kier alpha value is -3.53. The summed E-state index contributed by atoms with van der Waals surface area (Å²) in [6.07, 6.45) is 1.75. The van der Waals surface area contributed by atoms with E-state index in [1.807, 2.05) is 78.0 Å². The Labute approximate surface area is 239 Å². The number of carboxylic acid groups (broad SMARTS) is 1. The van der Waals surface area contributed by atoms with E-state index in [9.17, 15) is 14.7 Å². The van der Waals surface area contributed by atoms with Gasteiger partial charge in [0.2, 0.25) is 5.91 Å². The molecule has 0 aromatic heterocycles. The van der Waals surface area contributed by atoms with E-state index in [1.54, 1.807) is 14.2 Å². The third-order valence-electron chi connectivity index (χ3n) is 6.81. The molecule has 4 rings (SSSR count). The fraction of sp³-hybridized carbons (Fsp3) is 0.355. The number of nitrogens with one attached hydrogen (secondary N) is 1. The van der Waals surface area contributed by atoms with E-state index < -0.39 is 12.0 Å². The molecule has 1 amide bonds. The molecule has 2 N–H and O–H groups in total. The minimum Gasteiger partial charge on any atom is -0.496 e. The third kappa shape index (κ3) is 7.35. The largest absolute Gasteiger partial charge is 0.496 e. The van der Waals surface area contributed by atoms with Gasteiger partial charge in [-0.05, 0) is 72.7 Å². The molecule has 0 radical (unpaired) electrons. The van der Waals surface area contributed by atoms with Crippen molar-refractivity contribution in [1.82, 2.24) is 9.62 Å². The SMILES string of the molecule is CCOCc1cc(OC)c(-c2ccc(C[C@H](NC(=O)[C@@H]3CCCN3Sc3ccccc3)C(=O)O)cc2)c(OC)c1. The second-order valence-corrected chi connectivity index (χ2v) is 10.6. The van der Waals surface area contributed by atoms with Gasteiger partial charge >= 0.3 is 5.97 Å². The quantitative estimate of drug-likeness (QED) is 0.274. The highest BCUT2D eigenvalue weighted by molar-refractivity contribution is 7.97. The second kappa shape index (κ2) is 14.2. The van der Waals surface area contributed by atoms with Crippen LogP contribution in [0.1, 0.15) is 30.9 Å². The Balaban J connectivity index is 1.46. The lowest BCUT2D eigenvalue weighted by atomic mass is 9.98. The van der Waals surface area contributed by atoms with Crippen LogP contribution in [0.3, 0.4) is 0 Å². The predicted molar refractivity (Wildman–Crippen MR) is 156 cm³/mol. The summed E-state index contributed by atoms with van der Waals surface area (Å²) in [7, 11) is 3.22. The summed E-state index contributed by atoms with van der Waals surface area (Å²) in [5, 5.41) is 12.7. The molecule has 0 unspecified atom stereocenters. The minimum absolute atomic E-state index is 0.168. The van der Waals surface area contributed by atoms with Gasteiger partial charge in [-0.25, -0.2) is 9.10 Å². The Morgan fingerprint density at radius 2 is 1.70 bits per heavy atom. The molecule has 2 atom stereocenters. The fourth-order valence-electron chi connectivity index (χ4n) is 4.79. The van der Waals surface area contributed by atoms with Gasteiger partial charge in [0.05, 0.1) is 32.4 Å². The average Bonchev–Trinajstić information content (AvgIpc) is 3.44. The fourth-order valence-corrected chi connectivity index (χ4v) is 5.89. The molecule has 8 nitrogen and oxygen atoms in total. The Morgan fingerprint density at radius 1 is 1.02 bits per heavy atom. The van der Waals surface area contributed by atoms with Crippen molar-refractivity contribution < 1.29 is 28.9 Å². The maximum atomic E-state index is 13.2. The monoisotopic (exact) mass is 564 g/mol. The Morgan fingerprint density at radius 3 is 2.30 bits per heavy atom. The lowest BCUT2D eigenvalue weighted by molar-refractivity contribution is -0.142. The zero-order valence-corrected chi connectivity index (χ0v) is 23.9. The van der Waals surface area contributed by atoms with Crippen molar-refractivity contribution in [3.8, 4) is 22.6 Å². The van der Waals surface area contributed by atoms with E-state index >= 15 is 0 Å². The van der Waals surface area contributed by atoms with Gasteiger partial charge in [-0.15, -0.1) is 0 Å². The van der Waals surface area contributed by atoms with Crippen LogP contribution in [0.2, 0.25) is 0 Å². The first-order valence-electron chi connectivity index (χ1n) is 13.4. The van der Waals surface area contributed by atoms with Gasteiger partial charge in [-0.3, -0.25) is 4.79 Å². The molecule has 9 heteroatoms. The van der Waals surface area contributed by atoms with Crippen LogP contribution in [0.4, 0.5) is 0 Å². The van der Waals surface area contributed by atoms with Crippen LogP contribution in [0.25, 0.3) is 11.1 Å². The molecular weight excluding hydrogens is 528 g/mol. The van der Waals surface area contributed by atoms with E-state index in [1.165, 1.54) is 11.9 Å². The number of hydrogen-bond donors (Lipinski definition) is 2. The molecule has 0 saturated carbocycles. The van der Waals surface area contributed by atoms with E-state index in [2.05, 4.69) is 5.32 Å². The van der Waals surface area contributed by atoms with Crippen LogP contribution in [0.15, 0.2) is 71.6 Å². The van der Waals surface area contributed by atoms with Gasteiger partial charge in [-0.2, -0.15) is 0 Å². The predicted octanol–water partition coefficient (Wildman–Crippen LogP) is 5.19. The van der Waals surface area contributed by atoms with Crippen LogP contribution in [-0.4, -0.2) is 60.7 Å². The number of rotatable bonds is 13. The molecule has 1 fully saturated rings. The molecule has 1 heterocycles. The number of carbonyl (C=O) groups excluding carboxylic acids is 1. The van der Waals surface area contributed by atoms with Crippen LogP contribution in [0, 0.1) is 0 Å². The molecule has 212 valence electrons. The van der Waals surface area contributed by atoms with E-state index in [-0.39, 0.29) is 18.4 Å². The molecule has 40 heavy (non-hydrogen) atoms. The van der Waals surface area contributed by atoms with Gasteiger partial charge in [0, 0.05) is 24.5 Å². The van der Waals surface area contributed by atoms with Crippen LogP contribution in [0.5, 0.6) is 11.5 Å². The highest BCUT2D eigenvalue weighted by atomic mass is 32.2. The van der Waals surface area contributed by atoms with Crippen molar-refractivity contribution in [2.24, 2.45) is 0 Å². The number of hydrogen-bond acceptors (Lipinski definition) is 7. The van der Waals surface area contributed by atoms with E-state index in [4.69, 9.17) is 14.2 Å². The third-order valence-corrected chi connectivity index (χ3v) is 7.96. The smallest absolute Gasteiger partial charge is 0.326 e. The zero-order chi connectivity index (χ0) is 28.5. The summed E-state index contributed by atoms with van der Waals surface area (Å²) in [5.74, 6) is -0.00332. The number of aliphatic carboxylic acids is 1. The van der Waals surface area contributed by atoms with Crippen LogP contribution < -0.4 is 14.8 Å².